The van der Waals surface area contributed by atoms with Gasteiger partial charge in [-0.05, 0) is 30.3 Å². The molecule has 0 saturated carbocycles. The molecule has 1 amide bonds. The number of nitrogens with one attached hydrogen (secondary N) is 1. The molecule has 0 atom stereocenters. The van der Waals surface area contributed by atoms with Gasteiger partial charge in [0.15, 0.2) is 21.2 Å². The number of anilines is 1. The molecule has 0 saturated heterocycles. The number of carbonyl (C=O) groups is 1. The van der Waals surface area contributed by atoms with Gasteiger partial charge in [-0.1, -0.05) is 18.2 Å². The molecule has 0 radical (unpaired) electrons. The molecule has 8 nitrogen and oxygen atoms in total. The highest BCUT2D eigenvalue weighted by Crippen LogP contribution is 2.26. The molecule has 28 heavy (non-hydrogen) atoms. The minimum atomic E-state index is -3.44. The first-order chi connectivity index (χ1) is 13.4. The molecule has 9 heteroatoms. The second-order valence-corrected chi connectivity index (χ2v) is 8.07. The number of hydrogen-bond acceptors (Lipinski definition) is 6. The summed E-state index contributed by atoms with van der Waals surface area (Å²) in [6.07, 6.45) is 5.71. The zero-order chi connectivity index (χ0) is 19.7. The van der Waals surface area contributed by atoms with Crippen LogP contribution in [0.15, 0.2) is 72.0 Å². The Balaban J connectivity index is 1.79. The van der Waals surface area contributed by atoms with Crippen LogP contribution in [-0.2, 0) is 9.84 Å². The topological polar surface area (TPSA) is 106 Å². The van der Waals surface area contributed by atoms with Crippen molar-refractivity contribution in [1.29, 1.82) is 0 Å². The molecule has 0 aliphatic carbocycles. The van der Waals surface area contributed by atoms with E-state index in [1.54, 1.807) is 54.9 Å². The van der Waals surface area contributed by atoms with E-state index in [2.05, 4.69) is 20.4 Å². The lowest BCUT2D eigenvalue weighted by Crippen LogP contribution is -2.15. The normalized spacial score (nSPS) is 11.5. The van der Waals surface area contributed by atoms with E-state index in [0.29, 0.717) is 22.6 Å². The average molecular weight is 393 g/mol. The minimum Gasteiger partial charge on any atom is -0.320 e. The summed E-state index contributed by atoms with van der Waals surface area (Å²) < 4.78 is 25.6. The van der Waals surface area contributed by atoms with Crippen LogP contribution in [0.3, 0.4) is 0 Å². The lowest BCUT2D eigenvalue weighted by Gasteiger charge is -2.08. The first-order valence-corrected chi connectivity index (χ1v) is 10.2. The maximum Gasteiger partial charge on any atom is 0.276 e. The number of sulfone groups is 1. The van der Waals surface area contributed by atoms with Crippen molar-refractivity contribution in [2.75, 3.05) is 11.6 Å². The third-order valence-electron chi connectivity index (χ3n) is 4.10. The summed E-state index contributed by atoms with van der Waals surface area (Å²) in [6.45, 7) is 0. The van der Waals surface area contributed by atoms with Gasteiger partial charge in [0.25, 0.3) is 5.91 Å². The first-order valence-electron chi connectivity index (χ1n) is 8.29. The van der Waals surface area contributed by atoms with E-state index < -0.39 is 9.84 Å². The van der Waals surface area contributed by atoms with E-state index in [1.165, 1.54) is 16.8 Å². The number of pyridine rings is 1. The molecule has 1 aromatic carbocycles. The third-order valence-corrected chi connectivity index (χ3v) is 5.25. The SMILES string of the molecule is CS(=O)(=O)c1ccccc1-c1ccc2ncc(C(=O)Nc3ccncc3)n2n1. The molecular formula is C19H15N5O3S. The van der Waals surface area contributed by atoms with Gasteiger partial charge in [-0.25, -0.2) is 17.9 Å². The Morgan fingerprint density at radius 2 is 1.79 bits per heavy atom. The quantitative estimate of drug-likeness (QED) is 0.571. The summed E-state index contributed by atoms with van der Waals surface area (Å²) in [5.41, 5.74) is 2.17. The monoisotopic (exact) mass is 393 g/mol. The second kappa shape index (κ2) is 6.86. The van der Waals surface area contributed by atoms with Crippen molar-refractivity contribution in [3.63, 3.8) is 0 Å². The molecule has 0 bridgehead atoms. The lowest BCUT2D eigenvalue weighted by molar-refractivity contribution is 0.102. The summed E-state index contributed by atoms with van der Waals surface area (Å²) in [5, 5.41) is 7.21. The van der Waals surface area contributed by atoms with Crippen LogP contribution in [0.1, 0.15) is 10.5 Å². The number of fused-ring (bicyclic) bond motifs is 1. The molecule has 1 N–H and O–H groups in total. The van der Waals surface area contributed by atoms with Crippen molar-refractivity contribution >= 4 is 27.1 Å². The maximum atomic E-state index is 12.6. The molecular weight excluding hydrogens is 378 g/mol. The van der Waals surface area contributed by atoms with E-state index in [4.69, 9.17) is 0 Å². The fourth-order valence-electron chi connectivity index (χ4n) is 2.80. The molecule has 0 fully saturated rings. The van der Waals surface area contributed by atoms with E-state index in [-0.39, 0.29) is 16.5 Å². The van der Waals surface area contributed by atoms with E-state index in [1.807, 2.05) is 0 Å². The summed E-state index contributed by atoms with van der Waals surface area (Å²) in [5.74, 6) is -0.389. The Morgan fingerprint density at radius 3 is 2.54 bits per heavy atom. The standard InChI is InChI=1S/C19H15N5O3S/c1-28(26,27)17-5-3-2-4-14(17)15-6-7-18-21-12-16(24(18)23-15)19(25)22-13-8-10-20-11-9-13/h2-12H,1H3,(H,20,22,25). The molecule has 0 spiro atoms. The van der Waals surface area contributed by atoms with E-state index in [9.17, 15) is 13.2 Å². The highest BCUT2D eigenvalue weighted by Gasteiger charge is 2.18. The largest absolute Gasteiger partial charge is 0.320 e. The molecule has 4 aromatic rings. The smallest absolute Gasteiger partial charge is 0.276 e. The summed E-state index contributed by atoms with van der Waals surface area (Å²) in [4.78, 5) is 20.9. The number of imidazole rings is 1. The van der Waals surface area contributed by atoms with Gasteiger partial charge in [0.2, 0.25) is 0 Å². The highest BCUT2D eigenvalue weighted by atomic mass is 32.2. The van der Waals surface area contributed by atoms with Crippen molar-refractivity contribution in [1.82, 2.24) is 19.6 Å². The van der Waals surface area contributed by atoms with Crippen LogP contribution in [0.5, 0.6) is 0 Å². The highest BCUT2D eigenvalue weighted by molar-refractivity contribution is 7.90. The van der Waals surface area contributed by atoms with Crippen LogP contribution >= 0.6 is 0 Å². The fraction of sp³-hybridized carbons (Fsp3) is 0.0526. The Morgan fingerprint density at radius 1 is 1.04 bits per heavy atom. The van der Waals surface area contributed by atoms with Gasteiger partial charge in [0.05, 0.1) is 16.8 Å². The molecule has 4 rings (SSSR count). The third kappa shape index (κ3) is 3.35. The molecule has 3 heterocycles. The van der Waals surface area contributed by atoms with E-state index in [0.717, 1.165) is 6.26 Å². The predicted molar refractivity (Wildman–Crippen MR) is 104 cm³/mol. The van der Waals surface area contributed by atoms with Crippen LogP contribution in [-0.4, -0.2) is 40.2 Å². The minimum absolute atomic E-state index is 0.171. The van der Waals surface area contributed by atoms with Crippen molar-refractivity contribution < 1.29 is 13.2 Å². The lowest BCUT2D eigenvalue weighted by atomic mass is 10.1. The Kier molecular flexibility index (Phi) is 4.36. The fourth-order valence-corrected chi connectivity index (χ4v) is 3.70. The molecule has 0 aliphatic rings. The maximum absolute atomic E-state index is 12.6. The zero-order valence-corrected chi connectivity index (χ0v) is 15.6. The Labute approximate surface area is 160 Å². The van der Waals surface area contributed by atoms with E-state index >= 15 is 0 Å². The van der Waals surface area contributed by atoms with Gasteiger partial charge in [-0.3, -0.25) is 9.78 Å². The first kappa shape index (κ1) is 17.8. The number of benzene rings is 1. The van der Waals surface area contributed by atoms with Crippen LogP contribution < -0.4 is 5.32 Å². The predicted octanol–water partition coefficient (Wildman–Crippen LogP) is 2.45. The van der Waals surface area contributed by atoms with Crippen LogP contribution in [0.4, 0.5) is 5.69 Å². The number of rotatable bonds is 4. The number of carbonyl (C=O) groups excluding carboxylic acids is 1. The number of hydrogen-bond donors (Lipinski definition) is 1. The average Bonchev–Trinajstić information content (AvgIpc) is 3.11. The Bertz CT molecular complexity index is 1280. The Hall–Kier alpha value is -3.59. The van der Waals surface area contributed by atoms with Crippen LogP contribution in [0, 0.1) is 0 Å². The number of amides is 1. The van der Waals surface area contributed by atoms with Gasteiger partial charge in [-0.15, -0.1) is 0 Å². The molecule has 0 unspecified atom stereocenters. The van der Waals surface area contributed by atoms with Crippen LogP contribution in [0.25, 0.3) is 16.9 Å². The molecule has 3 aromatic heterocycles. The van der Waals surface area contributed by atoms with Gasteiger partial charge < -0.3 is 5.32 Å². The summed E-state index contributed by atoms with van der Waals surface area (Å²) in [6, 6.07) is 13.3. The van der Waals surface area contributed by atoms with Gasteiger partial charge >= 0.3 is 0 Å². The molecule has 140 valence electrons. The van der Waals surface area contributed by atoms with Crippen molar-refractivity contribution in [2.45, 2.75) is 4.90 Å². The van der Waals surface area contributed by atoms with Gasteiger partial charge in [-0.2, -0.15) is 5.10 Å². The van der Waals surface area contributed by atoms with Crippen molar-refractivity contribution in [3.8, 4) is 11.3 Å². The van der Waals surface area contributed by atoms with Crippen LogP contribution in [0.2, 0.25) is 0 Å². The second-order valence-electron chi connectivity index (χ2n) is 6.09. The number of nitrogens with zero attached hydrogens (tertiary/aromatic N) is 4. The van der Waals surface area contributed by atoms with Crippen molar-refractivity contribution in [3.05, 3.63) is 72.8 Å². The number of aromatic nitrogens is 4. The summed E-state index contributed by atoms with van der Waals surface area (Å²) >= 11 is 0. The molecule has 0 aliphatic heterocycles. The van der Waals surface area contributed by atoms with Gasteiger partial charge in [0.1, 0.15) is 0 Å². The zero-order valence-electron chi connectivity index (χ0n) is 14.8. The van der Waals surface area contributed by atoms with Gasteiger partial charge in [0, 0.05) is 29.9 Å². The summed E-state index contributed by atoms with van der Waals surface area (Å²) in [7, 11) is -3.44. The van der Waals surface area contributed by atoms with Crippen molar-refractivity contribution in [2.24, 2.45) is 0 Å².